The van der Waals surface area contributed by atoms with E-state index >= 15 is 0 Å². The Morgan fingerprint density at radius 2 is 2.14 bits per heavy atom. The monoisotopic (exact) mass is 290 g/mol. The van der Waals surface area contributed by atoms with E-state index in [1.54, 1.807) is 6.92 Å². The maximum Gasteiger partial charge on any atom is 0.340 e. The first-order chi connectivity index (χ1) is 10.0. The van der Waals surface area contributed by atoms with Crippen LogP contribution in [0.25, 0.3) is 0 Å². The normalized spacial score (nSPS) is 14.3. The molecule has 0 atom stereocenters. The molecular weight excluding hydrogens is 264 g/mol. The molecule has 4 nitrogen and oxygen atoms in total. The quantitative estimate of drug-likeness (QED) is 0.617. The number of nitrogens with two attached hydrogens (primary N) is 1. The van der Waals surface area contributed by atoms with Crippen molar-refractivity contribution < 1.29 is 9.53 Å². The first kappa shape index (κ1) is 15.7. The molecule has 1 aromatic rings. The van der Waals surface area contributed by atoms with E-state index < -0.39 is 0 Å². The molecule has 1 aliphatic carbocycles. The molecule has 0 spiro atoms. The van der Waals surface area contributed by atoms with Gasteiger partial charge in [-0.15, -0.1) is 0 Å². The van der Waals surface area contributed by atoms with Crippen molar-refractivity contribution in [3.63, 3.8) is 0 Å². The molecular formula is C17H26N2O2. The summed E-state index contributed by atoms with van der Waals surface area (Å²) in [7, 11) is 0. The molecule has 1 aromatic carbocycles. The lowest BCUT2D eigenvalue weighted by Crippen LogP contribution is -2.28. The summed E-state index contributed by atoms with van der Waals surface area (Å²) in [5.74, 6) is 0.334. The highest BCUT2D eigenvalue weighted by molar-refractivity contribution is 5.96. The van der Waals surface area contributed by atoms with Gasteiger partial charge in [0.2, 0.25) is 0 Å². The number of esters is 1. The van der Waals surface area contributed by atoms with Crippen LogP contribution in [0, 0.1) is 5.92 Å². The Labute approximate surface area is 127 Å². The van der Waals surface area contributed by atoms with Crippen LogP contribution >= 0.6 is 0 Å². The third kappa shape index (κ3) is 4.13. The largest absolute Gasteiger partial charge is 0.462 e. The minimum Gasteiger partial charge on any atom is -0.462 e. The summed E-state index contributed by atoms with van der Waals surface area (Å²) in [5, 5.41) is 0. The average Bonchev–Trinajstić information content (AvgIpc) is 3.25. The van der Waals surface area contributed by atoms with E-state index in [2.05, 4.69) is 18.7 Å². The molecule has 4 heteroatoms. The van der Waals surface area contributed by atoms with Gasteiger partial charge in [-0.25, -0.2) is 4.79 Å². The number of ether oxygens (including phenoxy) is 1. The van der Waals surface area contributed by atoms with Crippen LogP contribution in [0.3, 0.4) is 0 Å². The molecule has 2 N–H and O–H groups in total. The molecule has 0 radical (unpaired) electrons. The molecule has 1 saturated carbocycles. The number of carbonyl (C=O) groups excluding carboxylic acids is 1. The van der Waals surface area contributed by atoms with E-state index in [1.807, 2.05) is 18.2 Å². The van der Waals surface area contributed by atoms with Gasteiger partial charge in [-0.3, -0.25) is 0 Å². The van der Waals surface area contributed by atoms with E-state index in [0.717, 1.165) is 18.7 Å². The third-order valence-corrected chi connectivity index (χ3v) is 3.80. The standard InChI is InChI=1S/C17H26N2O2/c1-4-21-17(20)15-11-14(7-8-16(15)18)19(13-5-6-13)10-9-12(2)3/h7-8,11-13H,4-6,9-10,18H2,1-3H3. The summed E-state index contributed by atoms with van der Waals surface area (Å²) in [6.07, 6.45) is 3.62. The molecule has 0 amide bonds. The van der Waals surface area contributed by atoms with Crippen molar-refractivity contribution in [1.29, 1.82) is 0 Å². The number of rotatable bonds is 7. The number of anilines is 2. The van der Waals surface area contributed by atoms with Gasteiger partial charge in [0.1, 0.15) is 0 Å². The van der Waals surface area contributed by atoms with Gasteiger partial charge in [0.25, 0.3) is 0 Å². The van der Waals surface area contributed by atoms with Crippen LogP contribution in [0.2, 0.25) is 0 Å². The van der Waals surface area contributed by atoms with Crippen LogP contribution in [0.1, 0.15) is 50.4 Å². The summed E-state index contributed by atoms with van der Waals surface area (Å²) in [4.78, 5) is 14.4. The maximum absolute atomic E-state index is 12.0. The summed E-state index contributed by atoms with van der Waals surface area (Å²) >= 11 is 0. The summed E-state index contributed by atoms with van der Waals surface area (Å²) in [6.45, 7) is 7.66. The first-order valence-electron chi connectivity index (χ1n) is 7.86. The molecule has 0 saturated heterocycles. The first-order valence-corrected chi connectivity index (χ1v) is 7.86. The zero-order valence-electron chi connectivity index (χ0n) is 13.3. The van der Waals surface area contributed by atoms with Crippen LogP contribution in [0.4, 0.5) is 11.4 Å². The van der Waals surface area contributed by atoms with Gasteiger partial charge >= 0.3 is 5.97 Å². The smallest absolute Gasteiger partial charge is 0.340 e. The summed E-state index contributed by atoms with van der Waals surface area (Å²) in [5.41, 5.74) is 7.95. The van der Waals surface area contributed by atoms with Gasteiger partial charge in [-0.05, 0) is 50.3 Å². The zero-order valence-corrected chi connectivity index (χ0v) is 13.3. The predicted molar refractivity (Wildman–Crippen MR) is 86.6 cm³/mol. The molecule has 116 valence electrons. The van der Waals surface area contributed by atoms with Crippen LogP contribution in [-0.4, -0.2) is 25.2 Å². The van der Waals surface area contributed by atoms with Crippen LogP contribution < -0.4 is 10.6 Å². The Bertz CT molecular complexity index is 496. The molecule has 0 heterocycles. The fraction of sp³-hybridized carbons (Fsp3) is 0.588. The number of hydrogen-bond acceptors (Lipinski definition) is 4. The second-order valence-corrected chi connectivity index (χ2v) is 6.10. The van der Waals surface area contributed by atoms with Crippen molar-refractivity contribution in [1.82, 2.24) is 0 Å². The van der Waals surface area contributed by atoms with E-state index in [9.17, 15) is 4.79 Å². The molecule has 21 heavy (non-hydrogen) atoms. The van der Waals surface area contributed by atoms with E-state index in [1.165, 1.54) is 12.8 Å². The number of carbonyl (C=O) groups is 1. The van der Waals surface area contributed by atoms with Crippen LogP contribution in [0.5, 0.6) is 0 Å². The fourth-order valence-electron chi connectivity index (χ4n) is 2.41. The van der Waals surface area contributed by atoms with E-state index in [0.29, 0.717) is 29.8 Å². The number of nitrogens with zero attached hydrogens (tertiary/aromatic N) is 1. The van der Waals surface area contributed by atoms with Crippen molar-refractivity contribution in [2.45, 2.75) is 46.1 Å². The highest BCUT2D eigenvalue weighted by Gasteiger charge is 2.29. The summed E-state index contributed by atoms with van der Waals surface area (Å²) in [6, 6.07) is 6.32. The Hall–Kier alpha value is -1.71. The zero-order chi connectivity index (χ0) is 15.4. The Morgan fingerprint density at radius 1 is 1.43 bits per heavy atom. The molecule has 0 aliphatic heterocycles. The number of hydrogen-bond donors (Lipinski definition) is 1. The van der Waals surface area contributed by atoms with Gasteiger partial charge in [0.15, 0.2) is 0 Å². The lowest BCUT2D eigenvalue weighted by molar-refractivity contribution is 0.0527. The van der Waals surface area contributed by atoms with Crippen molar-refractivity contribution >= 4 is 17.3 Å². The molecule has 0 aromatic heterocycles. The van der Waals surface area contributed by atoms with Crippen molar-refractivity contribution in [3.05, 3.63) is 23.8 Å². The Kier molecular flexibility index (Phi) is 5.10. The van der Waals surface area contributed by atoms with Crippen LogP contribution in [0.15, 0.2) is 18.2 Å². The van der Waals surface area contributed by atoms with Crippen LogP contribution in [-0.2, 0) is 4.74 Å². The maximum atomic E-state index is 12.0. The minimum atomic E-state index is -0.337. The number of benzene rings is 1. The SMILES string of the molecule is CCOC(=O)c1cc(N(CCC(C)C)C2CC2)ccc1N. The predicted octanol–water partition coefficient (Wildman–Crippen LogP) is 3.46. The third-order valence-electron chi connectivity index (χ3n) is 3.80. The Balaban J connectivity index is 2.20. The van der Waals surface area contributed by atoms with Gasteiger partial charge in [0, 0.05) is 24.0 Å². The number of nitrogen functional groups attached to an aromatic ring is 1. The molecule has 0 unspecified atom stereocenters. The molecule has 2 rings (SSSR count). The fourth-order valence-corrected chi connectivity index (χ4v) is 2.41. The molecule has 1 fully saturated rings. The van der Waals surface area contributed by atoms with E-state index in [4.69, 9.17) is 10.5 Å². The lowest BCUT2D eigenvalue weighted by Gasteiger charge is -2.26. The average molecular weight is 290 g/mol. The second-order valence-electron chi connectivity index (χ2n) is 6.10. The lowest BCUT2D eigenvalue weighted by atomic mass is 10.1. The van der Waals surface area contributed by atoms with Crippen molar-refractivity contribution in [2.24, 2.45) is 5.92 Å². The Morgan fingerprint density at radius 3 is 2.71 bits per heavy atom. The van der Waals surface area contributed by atoms with Gasteiger partial charge < -0.3 is 15.4 Å². The summed E-state index contributed by atoms with van der Waals surface area (Å²) < 4.78 is 5.08. The highest BCUT2D eigenvalue weighted by atomic mass is 16.5. The topological polar surface area (TPSA) is 55.6 Å². The van der Waals surface area contributed by atoms with E-state index in [-0.39, 0.29) is 5.97 Å². The second kappa shape index (κ2) is 6.83. The highest BCUT2D eigenvalue weighted by Crippen LogP contribution is 2.33. The van der Waals surface area contributed by atoms with Gasteiger partial charge in [-0.2, -0.15) is 0 Å². The minimum absolute atomic E-state index is 0.337. The van der Waals surface area contributed by atoms with Gasteiger partial charge in [0.05, 0.1) is 12.2 Å². The van der Waals surface area contributed by atoms with Crippen molar-refractivity contribution in [3.8, 4) is 0 Å². The molecule has 1 aliphatic rings. The van der Waals surface area contributed by atoms with Crippen molar-refractivity contribution in [2.75, 3.05) is 23.8 Å². The van der Waals surface area contributed by atoms with Gasteiger partial charge in [-0.1, -0.05) is 13.8 Å². The molecule has 0 bridgehead atoms.